The predicted octanol–water partition coefficient (Wildman–Crippen LogP) is 2.00. The SMILES string of the molecule is O=C(c1cc(F)cc(F)c1)N1C[C@H]2Cc3cnc(N4CCOCC4)nc3[C@H]2C1. The van der Waals surface area contributed by atoms with Gasteiger partial charge in [-0.3, -0.25) is 4.79 Å². The lowest BCUT2D eigenvalue weighted by atomic mass is 9.99. The second-order valence-electron chi connectivity index (χ2n) is 7.62. The maximum absolute atomic E-state index is 13.5. The van der Waals surface area contributed by atoms with Crippen LogP contribution in [0.3, 0.4) is 0 Å². The van der Waals surface area contributed by atoms with Crippen molar-refractivity contribution in [2.24, 2.45) is 5.92 Å². The topological polar surface area (TPSA) is 58.6 Å². The summed E-state index contributed by atoms with van der Waals surface area (Å²) >= 11 is 0. The summed E-state index contributed by atoms with van der Waals surface area (Å²) in [4.78, 5) is 25.9. The first kappa shape index (κ1) is 17.5. The fourth-order valence-electron chi connectivity index (χ4n) is 4.50. The van der Waals surface area contributed by atoms with Crippen molar-refractivity contribution >= 4 is 11.9 Å². The van der Waals surface area contributed by atoms with Gasteiger partial charge in [0.1, 0.15) is 11.6 Å². The smallest absolute Gasteiger partial charge is 0.254 e. The third-order valence-corrected chi connectivity index (χ3v) is 5.85. The lowest BCUT2D eigenvalue weighted by molar-refractivity contribution is 0.0784. The molecule has 5 rings (SSSR count). The van der Waals surface area contributed by atoms with Crippen LogP contribution in [0.25, 0.3) is 0 Å². The molecule has 0 bridgehead atoms. The Kier molecular flexibility index (Phi) is 4.23. The molecule has 1 aliphatic carbocycles. The van der Waals surface area contributed by atoms with Gasteiger partial charge in [-0.1, -0.05) is 0 Å². The maximum Gasteiger partial charge on any atom is 0.254 e. The van der Waals surface area contributed by atoms with Crippen molar-refractivity contribution in [3.05, 3.63) is 52.9 Å². The van der Waals surface area contributed by atoms with E-state index in [1.54, 1.807) is 4.90 Å². The number of amides is 1. The Morgan fingerprint density at radius 3 is 2.61 bits per heavy atom. The van der Waals surface area contributed by atoms with Crippen molar-refractivity contribution in [1.82, 2.24) is 14.9 Å². The van der Waals surface area contributed by atoms with Crippen LogP contribution in [-0.4, -0.2) is 60.2 Å². The number of likely N-dealkylation sites (tertiary alicyclic amines) is 1. The van der Waals surface area contributed by atoms with Crippen molar-refractivity contribution in [3.63, 3.8) is 0 Å². The van der Waals surface area contributed by atoms with Crippen molar-refractivity contribution in [2.45, 2.75) is 12.3 Å². The Balaban J connectivity index is 1.36. The number of ether oxygens (including phenoxy) is 1. The molecule has 2 aromatic rings. The van der Waals surface area contributed by atoms with Gasteiger partial charge in [0.05, 0.1) is 18.9 Å². The number of nitrogens with zero attached hydrogens (tertiary/aromatic N) is 4. The fourth-order valence-corrected chi connectivity index (χ4v) is 4.50. The Labute approximate surface area is 161 Å². The molecule has 2 fully saturated rings. The molecule has 0 radical (unpaired) electrons. The first-order chi connectivity index (χ1) is 13.6. The molecule has 28 heavy (non-hydrogen) atoms. The van der Waals surface area contributed by atoms with Gasteiger partial charge >= 0.3 is 0 Å². The number of halogens is 2. The average Bonchev–Trinajstić information content (AvgIpc) is 3.25. The molecule has 146 valence electrons. The highest BCUT2D eigenvalue weighted by Gasteiger charge is 2.43. The summed E-state index contributed by atoms with van der Waals surface area (Å²) in [6.07, 6.45) is 2.73. The molecule has 0 spiro atoms. The van der Waals surface area contributed by atoms with E-state index in [9.17, 15) is 13.6 Å². The number of fused-ring (bicyclic) bond motifs is 3. The molecule has 0 N–H and O–H groups in total. The lowest BCUT2D eigenvalue weighted by Gasteiger charge is -2.27. The quantitative estimate of drug-likeness (QED) is 0.790. The average molecular weight is 386 g/mol. The van der Waals surface area contributed by atoms with E-state index in [1.165, 1.54) is 0 Å². The monoisotopic (exact) mass is 386 g/mol. The summed E-state index contributed by atoms with van der Waals surface area (Å²) in [5.41, 5.74) is 2.19. The van der Waals surface area contributed by atoms with Crippen LogP contribution in [0.4, 0.5) is 14.7 Å². The van der Waals surface area contributed by atoms with Gasteiger partial charge in [-0.05, 0) is 30.0 Å². The summed E-state index contributed by atoms with van der Waals surface area (Å²) in [5.74, 6) is -0.699. The second-order valence-corrected chi connectivity index (χ2v) is 7.62. The zero-order valence-corrected chi connectivity index (χ0v) is 15.3. The number of carbonyl (C=O) groups excluding carboxylic acids is 1. The van der Waals surface area contributed by atoms with Crippen molar-refractivity contribution in [3.8, 4) is 0 Å². The summed E-state index contributed by atoms with van der Waals surface area (Å²) in [5, 5.41) is 0. The molecule has 1 amide bonds. The molecule has 0 saturated carbocycles. The molecule has 2 aliphatic heterocycles. The van der Waals surface area contributed by atoms with Crippen LogP contribution in [0.5, 0.6) is 0 Å². The molecule has 0 unspecified atom stereocenters. The van der Waals surface area contributed by atoms with Gasteiger partial charge in [-0.25, -0.2) is 18.7 Å². The van der Waals surface area contributed by atoms with Gasteiger partial charge in [-0.15, -0.1) is 0 Å². The van der Waals surface area contributed by atoms with E-state index in [4.69, 9.17) is 9.72 Å². The first-order valence-corrected chi connectivity index (χ1v) is 9.52. The molecule has 1 aromatic heterocycles. The van der Waals surface area contributed by atoms with Crippen molar-refractivity contribution in [2.75, 3.05) is 44.3 Å². The van der Waals surface area contributed by atoms with Gasteiger partial charge in [0.2, 0.25) is 5.95 Å². The molecule has 6 nitrogen and oxygen atoms in total. The highest BCUT2D eigenvalue weighted by Crippen LogP contribution is 2.42. The number of carbonyl (C=O) groups is 1. The minimum Gasteiger partial charge on any atom is -0.378 e. The third kappa shape index (κ3) is 3.01. The Hall–Kier alpha value is -2.61. The van der Waals surface area contributed by atoms with E-state index in [0.717, 1.165) is 49.0 Å². The van der Waals surface area contributed by atoms with Crippen LogP contribution in [0.15, 0.2) is 24.4 Å². The molecular weight excluding hydrogens is 366 g/mol. The van der Waals surface area contributed by atoms with Gasteiger partial charge < -0.3 is 14.5 Å². The predicted molar refractivity (Wildman–Crippen MR) is 97.3 cm³/mol. The van der Waals surface area contributed by atoms with Crippen LogP contribution in [-0.2, 0) is 11.2 Å². The fraction of sp³-hybridized carbons (Fsp3) is 0.450. The number of aromatic nitrogens is 2. The molecule has 3 heterocycles. The van der Waals surface area contributed by atoms with Crippen molar-refractivity contribution < 1.29 is 18.3 Å². The van der Waals surface area contributed by atoms with Crippen LogP contribution in [0.2, 0.25) is 0 Å². The normalized spacial score (nSPS) is 23.6. The van der Waals surface area contributed by atoms with Gasteiger partial charge in [0.25, 0.3) is 5.91 Å². The van der Waals surface area contributed by atoms with Crippen LogP contribution >= 0.6 is 0 Å². The summed E-state index contributed by atoms with van der Waals surface area (Å²) in [6, 6.07) is 2.95. The maximum atomic E-state index is 13.5. The van der Waals surface area contributed by atoms with Crippen LogP contribution in [0.1, 0.15) is 27.5 Å². The van der Waals surface area contributed by atoms with E-state index < -0.39 is 11.6 Å². The number of hydrogen-bond acceptors (Lipinski definition) is 5. The molecule has 8 heteroatoms. The zero-order chi connectivity index (χ0) is 19.3. The summed E-state index contributed by atoms with van der Waals surface area (Å²) < 4.78 is 32.4. The number of morpholine rings is 1. The molecule has 2 saturated heterocycles. The Bertz CT molecular complexity index is 912. The first-order valence-electron chi connectivity index (χ1n) is 9.52. The Morgan fingerprint density at radius 1 is 1.11 bits per heavy atom. The van der Waals surface area contributed by atoms with Crippen LogP contribution < -0.4 is 4.90 Å². The molecular formula is C20H20F2N4O2. The summed E-state index contributed by atoms with van der Waals surface area (Å²) in [6.45, 7) is 3.93. The van der Waals surface area contributed by atoms with E-state index in [1.807, 2.05) is 6.20 Å². The number of benzene rings is 1. The standard InChI is InChI=1S/C20H20F2N4O2/c21-15-6-12(7-16(22)8-15)19(27)26-10-14-5-13-9-23-20(24-18(13)17(14)11-26)25-1-3-28-4-2-25/h6-9,14,17H,1-5,10-11H2/t14-,17+/m1/s1. The van der Waals surface area contributed by atoms with Crippen LogP contribution in [0, 0.1) is 17.6 Å². The second kappa shape index (κ2) is 6.77. The van der Waals surface area contributed by atoms with Gasteiger partial charge in [0.15, 0.2) is 0 Å². The number of anilines is 1. The largest absolute Gasteiger partial charge is 0.378 e. The lowest BCUT2D eigenvalue weighted by Crippen LogP contribution is -2.37. The number of hydrogen-bond donors (Lipinski definition) is 0. The summed E-state index contributed by atoms with van der Waals surface area (Å²) in [7, 11) is 0. The highest BCUT2D eigenvalue weighted by molar-refractivity contribution is 5.94. The van der Waals surface area contributed by atoms with Gasteiger partial charge in [0, 0.05) is 49.9 Å². The molecule has 3 aliphatic rings. The molecule has 1 aromatic carbocycles. The van der Waals surface area contributed by atoms with Crippen molar-refractivity contribution in [1.29, 1.82) is 0 Å². The number of rotatable bonds is 2. The van der Waals surface area contributed by atoms with Gasteiger partial charge in [-0.2, -0.15) is 0 Å². The van der Waals surface area contributed by atoms with E-state index in [-0.39, 0.29) is 23.3 Å². The van der Waals surface area contributed by atoms with E-state index >= 15 is 0 Å². The minimum absolute atomic E-state index is 0.0504. The van der Waals surface area contributed by atoms with E-state index in [2.05, 4.69) is 9.88 Å². The Morgan fingerprint density at radius 2 is 1.86 bits per heavy atom. The molecule has 2 atom stereocenters. The van der Waals surface area contributed by atoms with E-state index in [0.29, 0.717) is 32.3 Å². The zero-order valence-electron chi connectivity index (χ0n) is 15.3. The minimum atomic E-state index is -0.740. The third-order valence-electron chi connectivity index (χ3n) is 5.85. The highest BCUT2D eigenvalue weighted by atomic mass is 19.1.